The molecule has 7 heteroatoms. The molecule has 7 nitrogen and oxygen atoms in total. The number of hydrogen-bond donors (Lipinski definition) is 0. The van der Waals surface area contributed by atoms with Crippen molar-refractivity contribution in [3.63, 3.8) is 0 Å². The molecule has 0 saturated carbocycles. The highest BCUT2D eigenvalue weighted by Gasteiger charge is 2.23. The fourth-order valence-corrected chi connectivity index (χ4v) is 3.17. The summed E-state index contributed by atoms with van der Waals surface area (Å²) in [5, 5.41) is 0. The van der Waals surface area contributed by atoms with Crippen molar-refractivity contribution in [1.82, 2.24) is 19.6 Å². The third kappa shape index (κ3) is 5.47. The van der Waals surface area contributed by atoms with Crippen LogP contribution in [0.15, 0.2) is 0 Å². The SMILES string of the molecule is CN(C)C(=O)CN1CCN(C(=O)CCCN2CCCCC2=O)CC1. The third-order valence-electron chi connectivity index (χ3n) is 4.82. The van der Waals surface area contributed by atoms with Crippen LogP contribution in [0.1, 0.15) is 32.1 Å². The van der Waals surface area contributed by atoms with Crippen molar-refractivity contribution in [2.75, 3.05) is 59.9 Å². The van der Waals surface area contributed by atoms with E-state index in [1.54, 1.807) is 19.0 Å². The van der Waals surface area contributed by atoms with Gasteiger partial charge in [-0.3, -0.25) is 19.3 Å². The smallest absolute Gasteiger partial charge is 0.236 e. The predicted molar refractivity (Wildman–Crippen MR) is 91.4 cm³/mol. The van der Waals surface area contributed by atoms with Crippen molar-refractivity contribution >= 4 is 17.7 Å². The van der Waals surface area contributed by atoms with Crippen LogP contribution < -0.4 is 0 Å². The lowest BCUT2D eigenvalue weighted by atomic mass is 10.1. The van der Waals surface area contributed by atoms with Gasteiger partial charge >= 0.3 is 0 Å². The molecule has 0 unspecified atom stereocenters. The van der Waals surface area contributed by atoms with Crippen molar-refractivity contribution in [1.29, 1.82) is 0 Å². The van der Waals surface area contributed by atoms with Crippen molar-refractivity contribution in [3.8, 4) is 0 Å². The lowest BCUT2D eigenvalue weighted by Gasteiger charge is -2.35. The van der Waals surface area contributed by atoms with E-state index in [0.717, 1.165) is 38.9 Å². The van der Waals surface area contributed by atoms with Crippen LogP contribution in [0.5, 0.6) is 0 Å². The zero-order valence-electron chi connectivity index (χ0n) is 15.0. The first-order chi connectivity index (χ1) is 11.5. The molecule has 136 valence electrons. The van der Waals surface area contributed by atoms with E-state index >= 15 is 0 Å². The minimum atomic E-state index is 0.0981. The van der Waals surface area contributed by atoms with Crippen LogP contribution in [-0.4, -0.2) is 97.2 Å². The predicted octanol–water partition coefficient (Wildman–Crippen LogP) is 0.0115. The van der Waals surface area contributed by atoms with Crippen molar-refractivity contribution in [2.45, 2.75) is 32.1 Å². The lowest BCUT2D eigenvalue weighted by molar-refractivity contribution is -0.136. The van der Waals surface area contributed by atoms with E-state index in [2.05, 4.69) is 4.90 Å². The Hall–Kier alpha value is -1.63. The summed E-state index contributed by atoms with van der Waals surface area (Å²) in [6.07, 6.45) is 3.97. The molecule has 0 aromatic heterocycles. The number of carbonyl (C=O) groups is 3. The summed E-state index contributed by atoms with van der Waals surface area (Å²) in [4.78, 5) is 43.2. The number of likely N-dealkylation sites (tertiary alicyclic amines) is 1. The Kier molecular flexibility index (Phi) is 7.02. The summed E-state index contributed by atoms with van der Waals surface area (Å²) in [6.45, 7) is 4.82. The van der Waals surface area contributed by atoms with Crippen LogP contribution in [0.2, 0.25) is 0 Å². The molecule has 0 radical (unpaired) electrons. The second kappa shape index (κ2) is 9.01. The monoisotopic (exact) mass is 338 g/mol. The molecule has 0 N–H and O–H groups in total. The Morgan fingerprint density at radius 2 is 1.75 bits per heavy atom. The van der Waals surface area contributed by atoms with E-state index in [0.29, 0.717) is 39.0 Å². The molecule has 0 aromatic carbocycles. The molecule has 0 atom stereocenters. The van der Waals surface area contributed by atoms with Gasteiger partial charge in [-0.1, -0.05) is 0 Å². The average Bonchev–Trinajstić information content (AvgIpc) is 2.57. The Bertz CT molecular complexity index is 459. The van der Waals surface area contributed by atoms with Gasteiger partial charge in [0, 0.05) is 66.2 Å². The van der Waals surface area contributed by atoms with E-state index in [4.69, 9.17) is 0 Å². The molecule has 2 fully saturated rings. The first kappa shape index (κ1) is 18.7. The molecule has 0 aromatic rings. The number of amides is 3. The topological polar surface area (TPSA) is 64.2 Å². The maximum Gasteiger partial charge on any atom is 0.236 e. The van der Waals surface area contributed by atoms with E-state index in [9.17, 15) is 14.4 Å². The second-order valence-electron chi connectivity index (χ2n) is 6.89. The summed E-state index contributed by atoms with van der Waals surface area (Å²) < 4.78 is 0. The number of piperidine rings is 1. The van der Waals surface area contributed by atoms with Gasteiger partial charge in [-0.25, -0.2) is 0 Å². The summed E-state index contributed by atoms with van der Waals surface area (Å²) >= 11 is 0. The van der Waals surface area contributed by atoms with Crippen molar-refractivity contribution in [3.05, 3.63) is 0 Å². The van der Waals surface area contributed by atoms with E-state index < -0.39 is 0 Å². The first-order valence-corrected chi connectivity index (χ1v) is 8.95. The summed E-state index contributed by atoms with van der Waals surface area (Å²) in [5.41, 5.74) is 0. The lowest BCUT2D eigenvalue weighted by Crippen LogP contribution is -2.51. The van der Waals surface area contributed by atoms with Crippen LogP contribution in [0.3, 0.4) is 0 Å². The number of piperazine rings is 1. The van der Waals surface area contributed by atoms with E-state index in [-0.39, 0.29) is 17.7 Å². The van der Waals surface area contributed by atoms with Gasteiger partial charge in [0.15, 0.2) is 0 Å². The maximum absolute atomic E-state index is 12.3. The molecular weight excluding hydrogens is 308 g/mol. The van der Waals surface area contributed by atoms with E-state index in [1.807, 2.05) is 9.80 Å². The molecule has 0 spiro atoms. The van der Waals surface area contributed by atoms with Gasteiger partial charge in [0.25, 0.3) is 0 Å². The molecular formula is C17H30N4O3. The molecule has 2 saturated heterocycles. The average molecular weight is 338 g/mol. The summed E-state index contributed by atoms with van der Waals surface area (Å²) in [5.74, 6) is 0.492. The number of carbonyl (C=O) groups excluding carboxylic acids is 3. The van der Waals surface area contributed by atoms with Gasteiger partial charge in [0.1, 0.15) is 0 Å². The van der Waals surface area contributed by atoms with Gasteiger partial charge in [0.2, 0.25) is 17.7 Å². The highest BCUT2D eigenvalue weighted by atomic mass is 16.2. The largest absolute Gasteiger partial charge is 0.348 e. The highest BCUT2D eigenvalue weighted by Crippen LogP contribution is 2.12. The molecule has 0 bridgehead atoms. The number of likely N-dealkylation sites (N-methyl/N-ethyl adjacent to an activating group) is 1. The normalized spacial score (nSPS) is 19.5. The van der Waals surface area contributed by atoms with Crippen LogP contribution in [0.25, 0.3) is 0 Å². The Morgan fingerprint density at radius 3 is 2.38 bits per heavy atom. The van der Waals surface area contributed by atoms with Gasteiger partial charge in [-0.2, -0.15) is 0 Å². The van der Waals surface area contributed by atoms with Crippen molar-refractivity contribution < 1.29 is 14.4 Å². The van der Waals surface area contributed by atoms with Crippen LogP contribution >= 0.6 is 0 Å². The standard InChI is InChI=1S/C17H30N4O3/c1-18(2)17(24)14-19-10-12-21(13-11-19)16(23)7-5-9-20-8-4-3-6-15(20)22/h3-14H2,1-2H3. The van der Waals surface area contributed by atoms with Gasteiger partial charge < -0.3 is 14.7 Å². The molecule has 0 aliphatic carbocycles. The maximum atomic E-state index is 12.3. The second-order valence-corrected chi connectivity index (χ2v) is 6.89. The fourth-order valence-electron chi connectivity index (χ4n) is 3.17. The quantitative estimate of drug-likeness (QED) is 0.684. The van der Waals surface area contributed by atoms with Crippen molar-refractivity contribution in [2.24, 2.45) is 0 Å². The van der Waals surface area contributed by atoms with Crippen LogP contribution in [0, 0.1) is 0 Å². The summed E-state index contributed by atoms with van der Waals surface area (Å²) in [7, 11) is 3.52. The molecule has 3 amide bonds. The van der Waals surface area contributed by atoms with E-state index in [1.165, 1.54) is 0 Å². The Balaban J connectivity index is 1.64. The van der Waals surface area contributed by atoms with Crippen LogP contribution in [0.4, 0.5) is 0 Å². The zero-order valence-corrected chi connectivity index (χ0v) is 15.0. The molecule has 2 heterocycles. The Morgan fingerprint density at radius 1 is 1.04 bits per heavy atom. The third-order valence-corrected chi connectivity index (χ3v) is 4.82. The van der Waals surface area contributed by atoms with Gasteiger partial charge in [-0.15, -0.1) is 0 Å². The van der Waals surface area contributed by atoms with Gasteiger partial charge in [0.05, 0.1) is 6.54 Å². The Labute approximate surface area is 144 Å². The molecule has 24 heavy (non-hydrogen) atoms. The minimum Gasteiger partial charge on any atom is -0.348 e. The highest BCUT2D eigenvalue weighted by molar-refractivity contribution is 5.78. The first-order valence-electron chi connectivity index (χ1n) is 8.95. The molecule has 2 rings (SSSR count). The summed E-state index contributed by atoms with van der Waals surface area (Å²) in [6, 6.07) is 0. The number of rotatable bonds is 6. The van der Waals surface area contributed by atoms with Crippen LogP contribution in [-0.2, 0) is 14.4 Å². The van der Waals surface area contributed by atoms with Gasteiger partial charge in [-0.05, 0) is 19.3 Å². The molecule has 2 aliphatic heterocycles. The zero-order chi connectivity index (χ0) is 17.5. The fraction of sp³-hybridized carbons (Fsp3) is 0.824. The minimum absolute atomic E-state index is 0.0981. The number of hydrogen-bond acceptors (Lipinski definition) is 4. The molecule has 2 aliphatic rings. The number of nitrogens with zero attached hydrogens (tertiary/aromatic N) is 4.